The van der Waals surface area contributed by atoms with E-state index in [9.17, 15) is 23.3 Å². The molecule has 37 heavy (non-hydrogen) atoms. The topological polar surface area (TPSA) is 122 Å². The van der Waals surface area contributed by atoms with E-state index in [1.165, 1.54) is 22.5 Å². The first-order chi connectivity index (χ1) is 17.8. The Balaban J connectivity index is 1.56. The number of ether oxygens (including phenoxy) is 1. The van der Waals surface area contributed by atoms with Crippen molar-refractivity contribution in [3.05, 3.63) is 98.6 Å². The SMILES string of the molecule is O=C(N=C1c2ccccc2CN1c1cccc(S(=O)(=O)N2CCOCC2)c1)c1ccc(Cl)cc1[N+](=O)[O-]. The maximum atomic E-state index is 13.2. The minimum Gasteiger partial charge on any atom is -0.379 e. The summed E-state index contributed by atoms with van der Waals surface area (Å²) in [4.78, 5) is 30.1. The molecule has 2 aliphatic heterocycles. The van der Waals surface area contributed by atoms with Crippen molar-refractivity contribution in [2.24, 2.45) is 4.99 Å². The number of sulfonamides is 1. The molecule has 0 atom stereocenters. The van der Waals surface area contributed by atoms with Gasteiger partial charge in [-0.3, -0.25) is 14.9 Å². The minimum atomic E-state index is -3.75. The van der Waals surface area contributed by atoms with Crippen LogP contribution in [0.5, 0.6) is 0 Å². The first-order valence-electron chi connectivity index (χ1n) is 11.4. The predicted molar refractivity (Wildman–Crippen MR) is 138 cm³/mol. The Morgan fingerprint density at radius 2 is 1.78 bits per heavy atom. The van der Waals surface area contributed by atoms with E-state index < -0.39 is 26.5 Å². The van der Waals surface area contributed by atoms with Gasteiger partial charge in [0.25, 0.3) is 11.6 Å². The first kappa shape index (κ1) is 25.0. The van der Waals surface area contributed by atoms with Crippen LogP contribution in [0.2, 0.25) is 5.02 Å². The predicted octanol–water partition coefficient (Wildman–Crippen LogP) is 3.88. The van der Waals surface area contributed by atoms with Crippen LogP contribution in [0.3, 0.4) is 0 Å². The Labute approximate surface area is 217 Å². The highest BCUT2D eigenvalue weighted by Gasteiger charge is 2.31. The number of rotatable bonds is 5. The van der Waals surface area contributed by atoms with Crippen LogP contribution < -0.4 is 4.90 Å². The molecule has 5 rings (SSSR count). The number of fused-ring (bicyclic) bond motifs is 1. The zero-order chi connectivity index (χ0) is 26.2. The first-order valence-corrected chi connectivity index (χ1v) is 13.2. The number of carbonyl (C=O) groups excluding carboxylic acids is 1. The number of benzene rings is 3. The number of morpholine rings is 1. The highest BCUT2D eigenvalue weighted by atomic mass is 35.5. The molecule has 0 aromatic heterocycles. The molecule has 1 saturated heterocycles. The van der Waals surface area contributed by atoms with Crippen LogP contribution in [-0.2, 0) is 21.3 Å². The van der Waals surface area contributed by atoms with E-state index >= 15 is 0 Å². The molecule has 10 nitrogen and oxygen atoms in total. The lowest BCUT2D eigenvalue weighted by atomic mass is 10.1. The third kappa shape index (κ3) is 4.86. The van der Waals surface area contributed by atoms with Crippen LogP contribution in [-0.4, -0.2) is 55.7 Å². The number of nitro benzene ring substituents is 1. The second-order valence-electron chi connectivity index (χ2n) is 8.42. The van der Waals surface area contributed by atoms with E-state index in [1.807, 2.05) is 12.1 Å². The van der Waals surface area contributed by atoms with Gasteiger partial charge in [-0.15, -0.1) is 0 Å². The van der Waals surface area contributed by atoms with Gasteiger partial charge in [0.05, 0.1) is 29.6 Å². The van der Waals surface area contributed by atoms with Crippen LogP contribution in [0.4, 0.5) is 11.4 Å². The molecule has 0 N–H and O–H groups in total. The summed E-state index contributed by atoms with van der Waals surface area (Å²) in [6.45, 7) is 1.53. The number of aliphatic imine (C=N–C) groups is 1. The van der Waals surface area contributed by atoms with Crippen molar-refractivity contribution in [1.82, 2.24) is 4.31 Å². The summed E-state index contributed by atoms with van der Waals surface area (Å²) >= 11 is 5.89. The van der Waals surface area contributed by atoms with Crippen molar-refractivity contribution in [3.8, 4) is 0 Å². The molecule has 1 fully saturated rings. The van der Waals surface area contributed by atoms with E-state index in [-0.39, 0.29) is 34.4 Å². The van der Waals surface area contributed by atoms with Crippen molar-refractivity contribution < 1.29 is 22.9 Å². The maximum absolute atomic E-state index is 13.2. The number of hydrogen-bond donors (Lipinski definition) is 0. The van der Waals surface area contributed by atoms with Gasteiger partial charge in [0.2, 0.25) is 10.0 Å². The summed E-state index contributed by atoms with van der Waals surface area (Å²) < 4.78 is 33.1. The Morgan fingerprint density at radius 1 is 1.03 bits per heavy atom. The quantitative estimate of drug-likeness (QED) is 0.355. The number of amides is 1. The van der Waals surface area contributed by atoms with Gasteiger partial charge in [0.1, 0.15) is 11.4 Å². The van der Waals surface area contributed by atoms with E-state index in [1.54, 1.807) is 35.2 Å². The van der Waals surface area contributed by atoms with Gasteiger partial charge in [-0.2, -0.15) is 9.30 Å². The van der Waals surface area contributed by atoms with Crippen molar-refractivity contribution in [3.63, 3.8) is 0 Å². The zero-order valence-corrected chi connectivity index (χ0v) is 21.0. The minimum absolute atomic E-state index is 0.113. The largest absolute Gasteiger partial charge is 0.379 e. The van der Waals surface area contributed by atoms with E-state index in [2.05, 4.69) is 4.99 Å². The van der Waals surface area contributed by atoms with Gasteiger partial charge in [0.15, 0.2) is 0 Å². The Hall–Kier alpha value is -3.64. The lowest BCUT2D eigenvalue weighted by Gasteiger charge is -2.27. The molecular weight excluding hydrogens is 520 g/mol. The third-order valence-corrected chi connectivity index (χ3v) is 8.30. The van der Waals surface area contributed by atoms with E-state index in [4.69, 9.17) is 16.3 Å². The molecule has 1 amide bonds. The average Bonchev–Trinajstić information content (AvgIpc) is 3.27. The zero-order valence-electron chi connectivity index (χ0n) is 19.4. The molecule has 0 aliphatic carbocycles. The monoisotopic (exact) mass is 540 g/mol. The van der Waals surface area contributed by atoms with Crippen LogP contribution in [0.25, 0.3) is 0 Å². The molecule has 2 aliphatic rings. The molecule has 0 unspecified atom stereocenters. The molecule has 0 saturated carbocycles. The summed E-state index contributed by atoms with van der Waals surface area (Å²) in [6.07, 6.45) is 0. The van der Waals surface area contributed by atoms with Crippen LogP contribution in [0.15, 0.2) is 76.6 Å². The van der Waals surface area contributed by atoms with E-state index in [0.29, 0.717) is 31.0 Å². The van der Waals surface area contributed by atoms with Gasteiger partial charge in [0, 0.05) is 35.4 Å². The van der Waals surface area contributed by atoms with Crippen molar-refractivity contribution >= 4 is 44.7 Å². The van der Waals surface area contributed by atoms with E-state index in [0.717, 1.165) is 11.6 Å². The fourth-order valence-corrected chi connectivity index (χ4v) is 5.96. The molecule has 3 aromatic carbocycles. The number of carbonyl (C=O) groups is 1. The summed E-state index contributed by atoms with van der Waals surface area (Å²) in [5.41, 5.74) is 1.42. The summed E-state index contributed by atoms with van der Waals surface area (Å²) in [5.74, 6) is -0.539. The fraction of sp³-hybridized carbons (Fsp3) is 0.200. The van der Waals surface area contributed by atoms with Gasteiger partial charge in [-0.05, 0) is 35.9 Å². The molecule has 3 aromatic rings. The number of nitrogens with zero attached hydrogens (tertiary/aromatic N) is 4. The van der Waals surface area contributed by atoms with Crippen LogP contribution in [0, 0.1) is 10.1 Å². The molecule has 2 heterocycles. The van der Waals surface area contributed by atoms with Crippen LogP contribution >= 0.6 is 11.6 Å². The standard InChI is InChI=1S/C25H21ClN4O6S/c26-18-8-9-22(23(14-18)30(32)33)25(31)27-24-21-7-2-1-4-17(21)16-29(24)19-5-3-6-20(15-19)37(34,35)28-10-12-36-13-11-28/h1-9,14-15H,10-13,16H2. The van der Waals surface area contributed by atoms with Gasteiger partial charge in [-0.1, -0.05) is 41.9 Å². The van der Waals surface area contributed by atoms with Crippen molar-refractivity contribution in [1.29, 1.82) is 0 Å². The summed E-state index contributed by atoms with van der Waals surface area (Å²) in [7, 11) is -3.75. The number of amidine groups is 1. The fourth-order valence-electron chi connectivity index (χ4n) is 4.34. The maximum Gasteiger partial charge on any atom is 0.285 e. The number of hydrogen-bond acceptors (Lipinski definition) is 6. The van der Waals surface area contributed by atoms with Crippen molar-refractivity contribution in [2.45, 2.75) is 11.4 Å². The molecular formula is C25H21ClN4O6S. The summed E-state index contributed by atoms with van der Waals surface area (Å²) in [5, 5.41) is 11.7. The number of nitro groups is 1. The summed E-state index contributed by atoms with van der Waals surface area (Å²) in [6, 6.07) is 17.5. The van der Waals surface area contributed by atoms with Crippen LogP contribution in [0.1, 0.15) is 21.5 Å². The Morgan fingerprint density at radius 3 is 2.54 bits per heavy atom. The third-order valence-electron chi connectivity index (χ3n) is 6.17. The lowest BCUT2D eigenvalue weighted by molar-refractivity contribution is -0.385. The lowest BCUT2D eigenvalue weighted by Crippen LogP contribution is -2.40. The number of anilines is 1. The smallest absolute Gasteiger partial charge is 0.285 e. The second-order valence-corrected chi connectivity index (χ2v) is 10.8. The molecule has 0 radical (unpaired) electrons. The molecule has 0 spiro atoms. The normalized spacial score (nSPS) is 17.1. The highest BCUT2D eigenvalue weighted by molar-refractivity contribution is 7.89. The van der Waals surface area contributed by atoms with Gasteiger partial charge < -0.3 is 9.64 Å². The second kappa shape index (κ2) is 10.0. The molecule has 0 bridgehead atoms. The Bertz CT molecular complexity index is 1540. The van der Waals surface area contributed by atoms with Gasteiger partial charge >= 0.3 is 0 Å². The average molecular weight is 541 g/mol. The number of halogens is 1. The molecule has 190 valence electrons. The Kier molecular flexibility index (Phi) is 6.78. The van der Waals surface area contributed by atoms with Crippen molar-refractivity contribution in [2.75, 3.05) is 31.2 Å². The van der Waals surface area contributed by atoms with Gasteiger partial charge in [-0.25, -0.2) is 8.42 Å². The highest BCUT2D eigenvalue weighted by Crippen LogP contribution is 2.32. The molecule has 12 heteroatoms.